The summed E-state index contributed by atoms with van der Waals surface area (Å²) >= 11 is 0. The van der Waals surface area contributed by atoms with E-state index < -0.39 is 0 Å². The maximum Gasteiger partial charge on any atom is 0.246 e. The van der Waals surface area contributed by atoms with Gasteiger partial charge in [0.05, 0.1) is 24.8 Å². The number of benzene rings is 1. The molecule has 1 heterocycles. The van der Waals surface area contributed by atoms with Crippen molar-refractivity contribution in [2.45, 2.75) is 25.3 Å². The summed E-state index contributed by atoms with van der Waals surface area (Å²) < 4.78 is 0. The minimum absolute atomic E-state index is 0.0617. The molecule has 0 radical (unpaired) electrons. The molecule has 0 N–H and O–H groups in total. The molecule has 0 spiro atoms. The molecule has 0 bridgehead atoms. The molecule has 4 heteroatoms. The molecular weight excluding hydrogens is 240 g/mol. The van der Waals surface area contributed by atoms with E-state index in [0.29, 0.717) is 24.8 Å². The van der Waals surface area contributed by atoms with Gasteiger partial charge < -0.3 is 0 Å². The van der Waals surface area contributed by atoms with Gasteiger partial charge in [-0.1, -0.05) is 36.4 Å². The monoisotopic (exact) mass is 256 g/mol. The summed E-state index contributed by atoms with van der Waals surface area (Å²) in [7, 11) is 1.46. The number of nitriles is 1. The molecule has 1 aromatic rings. The Morgan fingerprint density at radius 3 is 2.89 bits per heavy atom. The molecular formula is C15H16N2O2. The number of nitrogens with zero attached hydrogens (tertiary/aromatic N) is 2. The Labute approximate surface area is 112 Å². The molecule has 19 heavy (non-hydrogen) atoms. The van der Waals surface area contributed by atoms with Crippen LogP contribution >= 0.6 is 0 Å². The number of amides is 1. The summed E-state index contributed by atoms with van der Waals surface area (Å²) in [5.41, 5.74) is 1.74. The highest BCUT2D eigenvalue weighted by atomic mass is 16.7. The number of hydrogen-bond acceptors (Lipinski definition) is 3. The molecule has 1 aliphatic heterocycles. The number of hydroxylamine groups is 2. The van der Waals surface area contributed by atoms with Crippen LogP contribution in [0.2, 0.25) is 0 Å². The Morgan fingerprint density at radius 2 is 2.26 bits per heavy atom. The van der Waals surface area contributed by atoms with Gasteiger partial charge in [-0.25, -0.2) is 5.06 Å². The van der Waals surface area contributed by atoms with E-state index in [9.17, 15) is 10.1 Å². The quantitative estimate of drug-likeness (QED) is 0.776. The van der Waals surface area contributed by atoms with Crippen molar-refractivity contribution in [1.29, 1.82) is 5.26 Å². The van der Waals surface area contributed by atoms with Crippen molar-refractivity contribution >= 4 is 5.91 Å². The Kier molecular flexibility index (Phi) is 4.32. The fourth-order valence-corrected chi connectivity index (χ4v) is 2.27. The summed E-state index contributed by atoms with van der Waals surface area (Å²) in [6.07, 6.45) is 3.64. The zero-order chi connectivity index (χ0) is 13.7. The molecule has 1 aromatic carbocycles. The van der Waals surface area contributed by atoms with Crippen molar-refractivity contribution in [2.75, 3.05) is 7.11 Å². The van der Waals surface area contributed by atoms with Gasteiger partial charge in [0, 0.05) is 6.42 Å². The maximum absolute atomic E-state index is 11.6. The predicted octanol–water partition coefficient (Wildman–Crippen LogP) is 2.23. The lowest BCUT2D eigenvalue weighted by molar-refractivity contribution is -0.173. The third-order valence-corrected chi connectivity index (χ3v) is 3.25. The van der Waals surface area contributed by atoms with Crippen molar-refractivity contribution in [3.8, 4) is 6.07 Å². The first-order chi connectivity index (χ1) is 9.26. The van der Waals surface area contributed by atoms with Crippen LogP contribution in [0.3, 0.4) is 0 Å². The van der Waals surface area contributed by atoms with Gasteiger partial charge in [-0.05, 0) is 18.4 Å². The van der Waals surface area contributed by atoms with E-state index in [4.69, 9.17) is 4.84 Å². The lowest BCUT2D eigenvalue weighted by atomic mass is 10.0. The molecule has 1 atom stereocenters. The zero-order valence-corrected chi connectivity index (χ0v) is 10.9. The smallest absolute Gasteiger partial charge is 0.246 e. The van der Waals surface area contributed by atoms with Crippen molar-refractivity contribution in [3.05, 3.63) is 47.5 Å². The van der Waals surface area contributed by atoms with Crippen molar-refractivity contribution in [2.24, 2.45) is 0 Å². The first-order valence-corrected chi connectivity index (χ1v) is 6.26. The molecule has 4 nitrogen and oxygen atoms in total. The van der Waals surface area contributed by atoms with Gasteiger partial charge in [-0.3, -0.25) is 9.63 Å². The van der Waals surface area contributed by atoms with Crippen LogP contribution in [0.25, 0.3) is 0 Å². The van der Waals surface area contributed by atoms with Crippen molar-refractivity contribution in [3.63, 3.8) is 0 Å². The normalized spacial score (nSPS) is 19.6. The van der Waals surface area contributed by atoms with Gasteiger partial charge in [0.1, 0.15) is 0 Å². The van der Waals surface area contributed by atoms with E-state index in [-0.39, 0.29) is 11.9 Å². The van der Waals surface area contributed by atoms with Crippen LogP contribution in [0.1, 0.15) is 18.4 Å². The average molecular weight is 256 g/mol. The lowest BCUT2D eigenvalue weighted by Gasteiger charge is -2.21. The summed E-state index contributed by atoms with van der Waals surface area (Å²) in [6.45, 7) is 0. The lowest BCUT2D eigenvalue weighted by Crippen LogP contribution is -2.33. The number of rotatable bonds is 4. The van der Waals surface area contributed by atoms with E-state index in [1.807, 2.05) is 36.4 Å². The second-order valence-corrected chi connectivity index (χ2v) is 4.42. The van der Waals surface area contributed by atoms with Gasteiger partial charge in [-0.2, -0.15) is 5.26 Å². The molecule has 0 aromatic heterocycles. The third-order valence-electron chi connectivity index (χ3n) is 3.25. The first-order valence-electron chi connectivity index (χ1n) is 6.26. The van der Waals surface area contributed by atoms with Crippen LogP contribution in [0, 0.1) is 11.3 Å². The Hall–Kier alpha value is -2.12. The fourth-order valence-electron chi connectivity index (χ4n) is 2.27. The highest BCUT2D eigenvalue weighted by Crippen LogP contribution is 2.24. The minimum Gasteiger partial charge on any atom is -0.274 e. The highest BCUT2D eigenvalue weighted by molar-refractivity contribution is 5.78. The molecule has 0 saturated carbocycles. The molecule has 1 aliphatic rings. The summed E-state index contributed by atoms with van der Waals surface area (Å²) in [5, 5.41) is 10.6. The van der Waals surface area contributed by atoms with Gasteiger partial charge in [0.25, 0.3) is 0 Å². The van der Waals surface area contributed by atoms with E-state index in [0.717, 1.165) is 5.56 Å². The van der Waals surface area contributed by atoms with Crippen LogP contribution in [-0.2, 0) is 16.1 Å². The Bertz CT molecular complexity index is 517. The molecule has 0 aliphatic carbocycles. The van der Waals surface area contributed by atoms with Crippen LogP contribution in [0.15, 0.2) is 42.0 Å². The summed E-state index contributed by atoms with van der Waals surface area (Å²) in [4.78, 5) is 16.6. The molecule has 1 amide bonds. The van der Waals surface area contributed by atoms with Gasteiger partial charge in [0.2, 0.25) is 5.91 Å². The fraction of sp³-hybridized carbons (Fsp3) is 0.333. The molecule has 2 rings (SSSR count). The Balaban J connectivity index is 2.12. The largest absolute Gasteiger partial charge is 0.274 e. The number of carbonyl (C=O) groups excluding carboxylic acids is 1. The third kappa shape index (κ3) is 3.01. The van der Waals surface area contributed by atoms with Crippen LogP contribution < -0.4 is 0 Å². The van der Waals surface area contributed by atoms with Crippen molar-refractivity contribution < 1.29 is 9.63 Å². The van der Waals surface area contributed by atoms with E-state index in [2.05, 4.69) is 6.07 Å². The topological polar surface area (TPSA) is 53.3 Å². The van der Waals surface area contributed by atoms with Crippen LogP contribution in [0.5, 0.6) is 0 Å². The molecule has 1 fully saturated rings. The minimum atomic E-state index is -0.244. The predicted molar refractivity (Wildman–Crippen MR) is 70.7 cm³/mol. The standard InChI is InChI=1S/C15H16N2O2/c1-19-17-14(9-10-15(17)18)13(11-16)8-7-12-5-3-2-4-6-12/h2-6,8,14H,7,9-10H2,1H3/b13-8+. The number of allylic oxidation sites excluding steroid dienone is 1. The van der Waals surface area contributed by atoms with E-state index in [1.54, 1.807) is 0 Å². The highest BCUT2D eigenvalue weighted by Gasteiger charge is 2.34. The maximum atomic E-state index is 11.6. The Morgan fingerprint density at radius 1 is 1.53 bits per heavy atom. The van der Waals surface area contributed by atoms with Crippen LogP contribution in [-0.4, -0.2) is 24.1 Å². The summed E-state index contributed by atoms with van der Waals surface area (Å²) in [5.74, 6) is -0.0617. The summed E-state index contributed by atoms with van der Waals surface area (Å²) in [6, 6.07) is 11.9. The molecule has 98 valence electrons. The molecule has 1 saturated heterocycles. The van der Waals surface area contributed by atoms with E-state index >= 15 is 0 Å². The van der Waals surface area contributed by atoms with Crippen LogP contribution in [0.4, 0.5) is 0 Å². The average Bonchev–Trinajstić information content (AvgIpc) is 2.82. The second kappa shape index (κ2) is 6.17. The van der Waals surface area contributed by atoms with Gasteiger partial charge in [0.15, 0.2) is 0 Å². The van der Waals surface area contributed by atoms with Gasteiger partial charge >= 0.3 is 0 Å². The first kappa shape index (κ1) is 13.3. The zero-order valence-electron chi connectivity index (χ0n) is 10.9. The SMILES string of the molecule is CON1C(=O)CCC1/C(C#N)=C/Cc1ccccc1. The van der Waals surface area contributed by atoms with Gasteiger partial charge in [-0.15, -0.1) is 0 Å². The number of carbonyl (C=O) groups is 1. The molecule has 1 unspecified atom stereocenters. The van der Waals surface area contributed by atoms with E-state index in [1.165, 1.54) is 12.2 Å². The van der Waals surface area contributed by atoms with Crippen molar-refractivity contribution in [1.82, 2.24) is 5.06 Å². The number of hydrogen-bond donors (Lipinski definition) is 0. The second-order valence-electron chi connectivity index (χ2n) is 4.42.